The third-order valence-corrected chi connectivity index (χ3v) is 10.1. The van der Waals surface area contributed by atoms with Crippen molar-refractivity contribution in [2.45, 2.75) is 24.5 Å². The first-order valence-electron chi connectivity index (χ1n) is 8.19. The molecule has 174 valence electrons. The number of hydrogen-bond acceptors (Lipinski definition) is 12. The van der Waals surface area contributed by atoms with Crippen LogP contribution >= 0.6 is 21.9 Å². The van der Waals surface area contributed by atoms with E-state index < -0.39 is 59.0 Å². The van der Waals surface area contributed by atoms with Gasteiger partial charge in [0.2, 0.25) is 0 Å². The highest BCUT2D eigenvalue weighted by Gasteiger charge is 2.45. The Hall–Kier alpha value is -0.900. The highest BCUT2D eigenvalue weighted by atomic mass is 32.5. The molecule has 1 saturated heterocycles. The van der Waals surface area contributed by atoms with Crippen LogP contribution in [0.1, 0.15) is 6.23 Å². The minimum Gasteiger partial charge on any atom is -0.387 e. The molecule has 8 N–H and O–H groups in total. The summed E-state index contributed by atoms with van der Waals surface area (Å²) in [7, 11) is -9.94. The van der Waals surface area contributed by atoms with Crippen molar-refractivity contribution in [2.75, 3.05) is 18.2 Å². The first kappa shape index (κ1) is 24.7. The number of aliphatic hydroxyl groups is 2. The quantitative estimate of drug-likeness (QED) is 0.197. The molecule has 16 nitrogen and oxygen atoms in total. The van der Waals surface area contributed by atoms with Crippen molar-refractivity contribution in [3.8, 4) is 0 Å². The number of anilines is 1. The maximum atomic E-state index is 11.7. The predicted octanol–water partition coefficient (Wildman–Crippen LogP) is -1.40. The molecule has 2 aromatic heterocycles. The van der Waals surface area contributed by atoms with E-state index in [1.54, 1.807) is 0 Å². The SMILES string of the molecule is Nc1ncnc2c1ncn2[C@@H]1O[C@H](COP(O)(=S)OP(=O)(O)CP(=O)(O)O)[C@H](O)C1O. The van der Waals surface area contributed by atoms with Gasteiger partial charge in [-0.2, -0.15) is 0 Å². The van der Waals surface area contributed by atoms with Crippen LogP contribution in [0.25, 0.3) is 11.2 Å². The van der Waals surface area contributed by atoms with Crippen molar-refractivity contribution in [3.05, 3.63) is 12.7 Å². The fraction of sp³-hybridized carbons (Fsp3) is 0.545. The summed E-state index contributed by atoms with van der Waals surface area (Å²) in [5.74, 6) is -1.50. The summed E-state index contributed by atoms with van der Waals surface area (Å²) in [6.07, 6.45) is -3.11. The van der Waals surface area contributed by atoms with Gasteiger partial charge < -0.3 is 44.8 Å². The van der Waals surface area contributed by atoms with Crippen LogP contribution < -0.4 is 5.73 Å². The number of nitrogens with zero attached hydrogens (tertiary/aromatic N) is 4. The molecule has 2 aromatic rings. The number of aromatic nitrogens is 4. The van der Waals surface area contributed by atoms with Gasteiger partial charge in [-0.1, -0.05) is 0 Å². The third kappa shape index (κ3) is 5.92. The van der Waals surface area contributed by atoms with Gasteiger partial charge in [0, 0.05) is 0 Å². The molecule has 3 heterocycles. The van der Waals surface area contributed by atoms with E-state index in [1.165, 1.54) is 10.9 Å². The Labute approximate surface area is 178 Å². The predicted molar refractivity (Wildman–Crippen MR) is 106 cm³/mol. The Kier molecular flexibility index (Phi) is 7.02. The van der Waals surface area contributed by atoms with Crippen LogP contribution in [0, 0.1) is 0 Å². The van der Waals surface area contributed by atoms with Crippen LogP contribution in [-0.4, -0.2) is 80.1 Å². The zero-order valence-electron chi connectivity index (χ0n) is 15.2. The van der Waals surface area contributed by atoms with E-state index in [-0.39, 0.29) is 17.0 Å². The molecule has 0 spiro atoms. The van der Waals surface area contributed by atoms with E-state index >= 15 is 0 Å². The summed E-state index contributed by atoms with van der Waals surface area (Å²) in [5.41, 5.74) is 6.14. The standard InChI is InChI=1S/C11H18N5O11P3S/c12-9-6-10(14-2-13-9)16(3-15-6)11-8(18)7(17)5(26-11)1-25-30(24,31)27-29(22,23)4-28(19,20)21/h2-3,5,7-8,11,17-18H,1,4H2,(H,22,23)(H,24,31)(H2,12,13,14)(H2,19,20,21)/t5-,7+,8?,11-,30?/m1/s1. The molecule has 1 aliphatic rings. The molecular weight excluding hydrogens is 503 g/mol. The number of imidazole rings is 1. The second-order valence-electron chi connectivity index (χ2n) is 6.42. The maximum absolute atomic E-state index is 11.7. The molecule has 20 heteroatoms. The molecule has 31 heavy (non-hydrogen) atoms. The zero-order chi connectivity index (χ0) is 23.2. The summed E-state index contributed by atoms with van der Waals surface area (Å²) >= 11 is 4.56. The molecule has 0 radical (unpaired) electrons. The molecule has 1 aliphatic heterocycles. The van der Waals surface area contributed by atoms with E-state index in [9.17, 15) is 29.1 Å². The van der Waals surface area contributed by atoms with Gasteiger partial charge in [-0.15, -0.1) is 0 Å². The lowest BCUT2D eigenvalue weighted by Crippen LogP contribution is -2.33. The Morgan fingerprint density at radius 2 is 1.84 bits per heavy atom. The first-order valence-corrected chi connectivity index (χ1v) is 14.3. The normalized spacial score (nSPS) is 28.5. The molecule has 0 saturated carbocycles. The second-order valence-corrected chi connectivity index (χ2v) is 13.4. The zero-order valence-corrected chi connectivity index (χ0v) is 18.7. The van der Waals surface area contributed by atoms with E-state index in [2.05, 4.69) is 31.1 Å². The van der Waals surface area contributed by atoms with Gasteiger partial charge in [0.05, 0.1) is 12.9 Å². The average Bonchev–Trinajstić information content (AvgIpc) is 3.13. The molecular formula is C11H18N5O11P3S. The Morgan fingerprint density at radius 3 is 2.48 bits per heavy atom. The topological polar surface area (TPSA) is 253 Å². The van der Waals surface area contributed by atoms with Gasteiger partial charge in [0.15, 0.2) is 23.6 Å². The molecule has 0 amide bonds. The summed E-state index contributed by atoms with van der Waals surface area (Å²) in [5, 5.41) is 20.6. The Balaban J connectivity index is 1.69. The van der Waals surface area contributed by atoms with Crippen LogP contribution in [0.2, 0.25) is 0 Å². The van der Waals surface area contributed by atoms with Crippen molar-refractivity contribution < 1.29 is 52.5 Å². The van der Waals surface area contributed by atoms with Crippen molar-refractivity contribution in [1.82, 2.24) is 19.5 Å². The Morgan fingerprint density at radius 1 is 1.16 bits per heavy atom. The number of nitrogens with two attached hydrogens (primary N) is 1. The van der Waals surface area contributed by atoms with Gasteiger partial charge >= 0.3 is 21.9 Å². The van der Waals surface area contributed by atoms with Gasteiger partial charge in [-0.25, -0.2) is 19.3 Å². The molecule has 6 atom stereocenters. The summed E-state index contributed by atoms with van der Waals surface area (Å²) in [6.45, 7) is -5.17. The number of nitrogen functional groups attached to an aromatic ring is 1. The van der Waals surface area contributed by atoms with Crippen LogP contribution in [0.15, 0.2) is 12.7 Å². The average molecular weight is 521 g/mol. The molecule has 1 fully saturated rings. The lowest BCUT2D eigenvalue weighted by molar-refractivity contribution is -0.0485. The van der Waals surface area contributed by atoms with Crippen molar-refractivity contribution in [3.63, 3.8) is 0 Å². The van der Waals surface area contributed by atoms with Gasteiger partial charge in [-0.05, 0) is 11.8 Å². The highest BCUT2D eigenvalue weighted by Crippen LogP contribution is 2.65. The van der Waals surface area contributed by atoms with E-state index in [0.717, 1.165) is 6.33 Å². The number of hydrogen-bond donors (Lipinski definition) is 7. The lowest BCUT2D eigenvalue weighted by atomic mass is 10.1. The van der Waals surface area contributed by atoms with E-state index in [1.807, 2.05) is 0 Å². The number of ether oxygens (including phenoxy) is 1. The monoisotopic (exact) mass is 521 g/mol. The van der Waals surface area contributed by atoms with Crippen LogP contribution in [0.4, 0.5) is 5.82 Å². The Bertz CT molecular complexity index is 1110. The molecule has 0 aromatic carbocycles. The molecule has 3 rings (SSSR count). The lowest BCUT2D eigenvalue weighted by Gasteiger charge is -2.22. The number of rotatable bonds is 8. The smallest absolute Gasteiger partial charge is 0.347 e. The van der Waals surface area contributed by atoms with Gasteiger partial charge in [0.25, 0.3) is 0 Å². The molecule has 0 bridgehead atoms. The van der Waals surface area contributed by atoms with Crippen molar-refractivity contribution >= 4 is 50.7 Å². The van der Waals surface area contributed by atoms with Crippen LogP contribution in [-0.2, 0) is 34.5 Å². The summed E-state index contributed by atoms with van der Waals surface area (Å²) in [4.78, 5) is 48.8. The van der Waals surface area contributed by atoms with E-state index in [4.69, 9.17) is 24.8 Å². The van der Waals surface area contributed by atoms with E-state index in [0.29, 0.717) is 0 Å². The highest BCUT2D eigenvalue weighted by molar-refractivity contribution is 8.08. The fourth-order valence-electron chi connectivity index (χ4n) is 2.76. The summed E-state index contributed by atoms with van der Waals surface area (Å²) in [6, 6.07) is 0. The van der Waals surface area contributed by atoms with Crippen LogP contribution in [0.5, 0.6) is 0 Å². The van der Waals surface area contributed by atoms with Gasteiger partial charge in [0.1, 0.15) is 30.2 Å². The first-order chi connectivity index (χ1) is 14.2. The largest absolute Gasteiger partial charge is 0.387 e. The molecule has 0 aliphatic carbocycles. The minimum absolute atomic E-state index is 0.0820. The number of aliphatic hydroxyl groups excluding tert-OH is 2. The number of fused-ring (bicyclic) bond motifs is 1. The fourth-order valence-corrected chi connectivity index (χ4v) is 8.23. The third-order valence-electron chi connectivity index (χ3n) is 3.99. The maximum Gasteiger partial charge on any atom is 0.347 e. The summed E-state index contributed by atoms with van der Waals surface area (Å²) < 4.78 is 38.6. The second kappa shape index (κ2) is 8.80. The van der Waals surface area contributed by atoms with Crippen LogP contribution in [0.3, 0.4) is 0 Å². The van der Waals surface area contributed by atoms with Crippen molar-refractivity contribution in [1.29, 1.82) is 0 Å². The van der Waals surface area contributed by atoms with Crippen molar-refractivity contribution in [2.24, 2.45) is 0 Å². The molecule has 3 unspecified atom stereocenters. The van der Waals surface area contributed by atoms with Gasteiger partial charge in [-0.3, -0.25) is 13.7 Å². The minimum atomic E-state index is -4.99.